The zero-order valence-electron chi connectivity index (χ0n) is 39.6. The molecule has 0 aromatic carbocycles. The van der Waals surface area contributed by atoms with Crippen molar-refractivity contribution >= 4 is 23.6 Å². The van der Waals surface area contributed by atoms with E-state index in [0.29, 0.717) is 39.0 Å². The van der Waals surface area contributed by atoms with Crippen LogP contribution in [-0.4, -0.2) is 81.9 Å². The molecule has 0 aliphatic carbocycles. The highest BCUT2D eigenvalue weighted by Gasteiger charge is 2.45. The topological polar surface area (TPSA) is 129 Å². The molecule has 0 saturated heterocycles. The average molecular weight is 825 g/mol. The number of amides is 1. The van der Waals surface area contributed by atoms with Crippen LogP contribution in [-0.2, 0) is 38.1 Å². The predicted molar refractivity (Wildman–Crippen MR) is 238 cm³/mol. The maximum Gasteiger partial charge on any atom is 0.311 e. The van der Waals surface area contributed by atoms with Gasteiger partial charge in [0.25, 0.3) is 0 Å². The van der Waals surface area contributed by atoms with Gasteiger partial charge in [-0.05, 0) is 86.1 Å². The molecule has 0 aromatic heterocycles. The largest absolute Gasteiger partial charge is 0.463 e. The number of rotatable bonds is 39. The highest BCUT2D eigenvalue weighted by molar-refractivity contribution is 5.82. The van der Waals surface area contributed by atoms with E-state index in [-0.39, 0.29) is 68.2 Å². The minimum absolute atomic E-state index is 0.0145. The number of carbonyl (C=O) groups is 4. The van der Waals surface area contributed by atoms with E-state index in [2.05, 4.69) is 31.4 Å². The lowest BCUT2D eigenvalue weighted by Crippen LogP contribution is -2.48. The fourth-order valence-electron chi connectivity index (χ4n) is 8.15. The third-order valence-electron chi connectivity index (χ3n) is 11.2. The van der Waals surface area contributed by atoms with Crippen LogP contribution in [0.3, 0.4) is 0 Å². The van der Waals surface area contributed by atoms with Gasteiger partial charge in [0, 0.05) is 37.6 Å². The molecule has 0 aromatic rings. The SMILES string of the molecule is CCCCCCCCCCCCCCCCCCOCCOC(=O)C(C)(CC(CNC(C)C)CC(CC)C(=O)NC(C)(C)CC(C)=O)CC(C)(C)C(=O)OCCOC. The van der Waals surface area contributed by atoms with Crippen molar-refractivity contribution in [1.29, 1.82) is 0 Å². The Kier molecular flexibility index (Phi) is 31.5. The molecule has 0 bridgehead atoms. The molecule has 1 amide bonds. The van der Waals surface area contributed by atoms with Crippen LogP contribution in [0.5, 0.6) is 0 Å². The molecule has 0 saturated carbocycles. The van der Waals surface area contributed by atoms with Crippen molar-refractivity contribution in [3.05, 3.63) is 0 Å². The van der Waals surface area contributed by atoms with Crippen molar-refractivity contribution in [2.24, 2.45) is 22.7 Å². The van der Waals surface area contributed by atoms with Gasteiger partial charge in [-0.3, -0.25) is 19.2 Å². The number of ketones is 1. The van der Waals surface area contributed by atoms with Crippen molar-refractivity contribution in [1.82, 2.24) is 10.6 Å². The van der Waals surface area contributed by atoms with Gasteiger partial charge in [-0.2, -0.15) is 0 Å². The Morgan fingerprint density at radius 3 is 1.62 bits per heavy atom. The van der Waals surface area contributed by atoms with Crippen LogP contribution in [0.2, 0.25) is 0 Å². The zero-order valence-corrected chi connectivity index (χ0v) is 39.6. The number of methoxy groups -OCH3 is 1. The van der Waals surface area contributed by atoms with Crippen molar-refractivity contribution in [3.63, 3.8) is 0 Å². The lowest BCUT2D eigenvalue weighted by atomic mass is 9.68. The smallest absolute Gasteiger partial charge is 0.311 e. The maximum absolute atomic E-state index is 14.1. The summed E-state index contributed by atoms with van der Waals surface area (Å²) in [5.41, 5.74) is -2.70. The lowest BCUT2D eigenvalue weighted by Gasteiger charge is -2.38. The second-order valence-electron chi connectivity index (χ2n) is 19.0. The molecule has 2 N–H and O–H groups in total. The summed E-state index contributed by atoms with van der Waals surface area (Å²) < 4.78 is 22.4. The minimum atomic E-state index is -1.05. The van der Waals surface area contributed by atoms with E-state index in [1.807, 2.05) is 27.7 Å². The Morgan fingerprint density at radius 2 is 1.14 bits per heavy atom. The third kappa shape index (κ3) is 28.4. The molecule has 58 heavy (non-hydrogen) atoms. The first-order chi connectivity index (χ1) is 27.4. The van der Waals surface area contributed by atoms with Gasteiger partial charge in [0.15, 0.2) is 0 Å². The first-order valence-electron chi connectivity index (χ1n) is 23.4. The van der Waals surface area contributed by atoms with E-state index < -0.39 is 22.3 Å². The van der Waals surface area contributed by atoms with E-state index in [1.54, 1.807) is 21.0 Å². The Morgan fingerprint density at radius 1 is 0.638 bits per heavy atom. The number of Topliss-reactive ketones (excluding diaryl/α,β-unsaturated/α-hetero) is 1. The molecule has 10 nitrogen and oxygen atoms in total. The Hall–Kier alpha value is -2.04. The highest BCUT2D eigenvalue weighted by atomic mass is 16.6. The number of esters is 2. The van der Waals surface area contributed by atoms with Gasteiger partial charge in [-0.25, -0.2) is 0 Å². The average Bonchev–Trinajstić information content (AvgIpc) is 3.13. The highest BCUT2D eigenvalue weighted by Crippen LogP contribution is 2.42. The molecule has 0 aliphatic heterocycles. The van der Waals surface area contributed by atoms with E-state index in [4.69, 9.17) is 18.9 Å². The van der Waals surface area contributed by atoms with E-state index >= 15 is 0 Å². The number of hydrogen-bond donors (Lipinski definition) is 2. The monoisotopic (exact) mass is 825 g/mol. The summed E-state index contributed by atoms with van der Waals surface area (Å²) in [6.45, 7) is 21.2. The van der Waals surface area contributed by atoms with Gasteiger partial charge in [0.2, 0.25) is 5.91 Å². The molecule has 0 aliphatic rings. The molecular weight excluding hydrogens is 733 g/mol. The minimum Gasteiger partial charge on any atom is -0.463 e. The third-order valence-corrected chi connectivity index (χ3v) is 11.2. The second-order valence-corrected chi connectivity index (χ2v) is 19.0. The van der Waals surface area contributed by atoms with Gasteiger partial charge in [-0.1, -0.05) is 124 Å². The first-order valence-corrected chi connectivity index (χ1v) is 23.4. The van der Waals surface area contributed by atoms with Crippen LogP contribution >= 0.6 is 0 Å². The van der Waals surface area contributed by atoms with Crippen LogP contribution in [0, 0.1) is 22.7 Å². The molecule has 0 fully saturated rings. The molecule has 0 rings (SSSR count). The van der Waals surface area contributed by atoms with Crippen molar-refractivity contribution in [2.45, 2.75) is 216 Å². The number of hydrogen-bond acceptors (Lipinski definition) is 9. The summed E-state index contributed by atoms with van der Waals surface area (Å²) in [4.78, 5) is 52.8. The van der Waals surface area contributed by atoms with Crippen LogP contribution < -0.4 is 10.6 Å². The summed E-state index contributed by atoms with van der Waals surface area (Å²) in [7, 11) is 1.55. The molecular formula is C48H92N2O8. The normalized spacial score (nSPS) is 14.2. The van der Waals surface area contributed by atoms with Gasteiger partial charge >= 0.3 is 11.9 Å². The summed E-state index contributed by atoms with van der Waals surface area (Å²) >= 11 is 0. The standard InChI is InChI=1S/C48H92N2O8/c1-12-14-15-16-17-18-19-20-21-22-23-24-25-26-27-28-29-56-31-33-58-45(54)48(10,38-46(6,7)44(53)57-32-30-55-11)36-41(37-49-39(3)4)34-42(13-2)43(52)50-47(8,9)35-40(5)51/h39,41-42,49H,12-38H2,1-11H3,(H,50,52). The Bertz CT molecular complexity index is 1090. The Labute approximate surface area is 356 Å². The van der Waals surface area contributed by atoms with E-state index in [9.17, 15) is 19.2 Å². The summed E-state index contributed by atoms with van der Waals surface area (Å²) in [5, 5.41) is 6.62. The fourth-order valence-corrected chi connectivity index (χ4v) is 8.15. The van der Waals surface area contributed by atoms with Gasteiger partial charge in [0.05, 0.1) is 24.0 Å². The molecule has 3 unspecified atom stereocenters. The zero-order chi connectivity index (χ0) is 43.9. The number of unbranched alkanes of at least 4 members (excludes halogenated alkanes) is 15. The van der Waals surface area contributed by atoms with Crippen molar-refractivity contribution in [2.75, 3.05) is 46.7 Å². The van der Waals surface area contributed by atoms with Crippen LogP contribution in [0.25, 0.3) is 0 Å². The Balaban J connectivity index is 5.24. The van der Waals surface area contributed by atoms with Crippen LogP contribution in [0.15, 0.2) is 0 Å². The van der Waals surface area contributed by atoms with E-state index in [1.165, 1.54) is 96.8 Å². The first kappa shape index (κ1) is 56.0. The van der Waals surface area contributed by atoms with Crippen LogP contribution in [0.4, 0.5) is 0 Å². The fraction of sp³-hybridized carbons (Fsp3) is 0.917. The molecule has 342 valence electrons. The summed E-state index contributed by atoms with van der Waals surface area (Å²) in [6.07, 6.45) is 23.2. The number of nitrogens with one attached hydrogen (secondary N) is 2. The van der Waals surface area contributed by atoms with Crippen molar-refractivity contribution in [3.8, 4) is 0 Å². The van der Waals surface area contributed by atoms with E-state index in [0.717, 1.165) is 12.8 Å². The van der Waals surface area contributed by atoms with Crippen molar-refractivity contribution < 1.29 is 38.1 Å². The predicted octanol–water partition coefficient (Wildman–Crippen LogP) is 10.7. The summed E-state index contributed by atoms with van der Waals surface area (Å²) in [6, 6.07) is 0.197. The molecule has 10 heteroatoms. The lowest BCUT2D eigenvalue weighted by molar-refractivity contribution is -0.165. The maximum atomic E-state index is 14.1. The van der Waals surface area contributed by atoms with Crippen LogP contribution in [0.1, 0.15) is 204 Å². The molecule has 0 spiro atoms. The summed E-state index contributed by atoms with van der Waals surface area (Å²) in [5.74, 6) is -1.28. The molecule has 0 radical (unpaired) electrons. The molecule has 0 heterocycles. The second kappa shape index (κ2) is 32.7. The number of ether oxygens (including phenoxy) is 4. The van der Waals surface area contributed by atoms with Gasteiger partial charge in [0.1, 0.15) is 19.0 Å². The molecule has 3 atom stereocenters. The number of carbonyl (C=O) groups excluding carboxylic acids is 4. The quantitative estimate of drug-likeness (QED) is 0.0460. The van der Waals surface area contributed by atoms with Gasteiger partial charge < -0.3 is 29.6 Å². The van der Waals surface area contributed by atoms with Gasteiger partial charge in [-0.15, -0.1) is 0 Å².